The highest BCUT2D eigenvalue weighted by Crippen LogP contribution is 2.30. The summed E-state index contributed by atoms with van der Waals surface area (Å²) in [6, 6.07) is 2.99. The van der Waals surface area contributed by atoms with E-state index >= 15 is 0 Å². The number of nitrogens with zero attached hydrogens (tertiary/aromatic N) is 7. The van der Waals surface area contributed by atoms with Crippen LogP contribution in [-0.4, -0.2) is 40.8 Å². The van der Waals surface area contributed by atoms with Crippen LogP contribution in [0, 0.1) is 13.8 Å². The van der Waals surface area contributed by atoms with Crippen molar-refractivity contribution in [2.45, 2.75) is 20.0 Å². The summed E-state index contributed by atoms with van der Waals surface area (Å²) in [4.78, 5) is 20.0. The van der Waals surface area contributed by atoms with Gasteiger partial charge in [0.15, 0.2) is 0 Å². The number of hydrogen-bond acceptors (Lipinski definition) is 7. The highest BCUT2D eigenvalue weighted by Gasteiger charge is 2.31. The standard InChI is InChI=1S/C20H17F3N8O2/c1-11-17(31-10-16(28-29-31)15-9-26-30(3)12(15)2)7-14(8-25-11)27-19(32)33-18-6-13(4-5-24-18)20(21,22)23/h4-10H,1-3H3,(H,27,32). The lowest BCUT2D eigenvalue weighted by Gasteiger charge is -2.10. The third-order valence-electron chi connectivity index (χ3n) is 4.82. The molecule has 0 radical (unpaired) electrons. The molecule has 1 amide bonds. The minimum absolute atomic E-state index is 0.238. The molecule has 0 bridgehead atoms. The lowest BCUT2D eigenvalue weighted by atomic mass is 10.2. The molecule has 13 heteroatoms. The summed E-state index contributed by atoms with van der Waals surface area (Å²) < 4.78 is 46.5. The molecular weight excluding hydrogens is 441 g/mol. The summed E-state index contributed by atoms with van der Waals surface area (Å²) >= 11 is 0. The lowest BCUT2D eigenvalue weighted by Crippen LogP contribution is -2.18. The third kappa shape index (κ3) is 4.66. The van der Waals surface area contributed by atoms with Crippen LogP contribution in [0.2, 0.25) is 0 Å². The zero-order valence-corrected chi connectivity index (χ0v) is 17.6. The van der Waals surface area contributed by atoms with E-state index in [9.17, 15) is 18.0 Å². The van der Waals surface area contributed by atoms with Gasteiger partial charge in [-0.2, -0.15) is 18.3 Å². The van der Waals surface area contributed by atoms with Gasteiger partial charge in [0.05, 0.1) is 41.2 Å². The number of rotatable bonds is 4. The molecule has 0 saturated carbocycles. The molecule has 0 aromatic carbocycles. The summed E-state index contributed by atoms with van der Waals surface area (Å²) in [5, 5.41) is 14.9. The van der Waals surface area contributed by atoms with E-state index < -0.39 is 23.7 Å². The number of alkyl halides is 3. The summed E-state index contributed by atoms with van der Waals surface area (Å²) in [6.07, 6.45) is 0.0566. The summed E-state index contributed by atoms with van der Waals surface area (Å²) in [6.45, 7) is 3.66. The van der Waals surface area contributed by atoms with Crippen molar-refractivity contribution >= 4 is 11.8 Å². The van der Waals surface area contributed by atoms with Crippen LogP contribution < -0.4 is 10.1 Å². The molecule has 0 aliphatic heterocycles. The first-order valence-corrected chi connectivity index (χ1v) is 9.52. The highest BCUT2D eigenvalue weighted by molar-refractivity contribution is 5.86. The molecule has 10 nitrogen and oxygen atoms in total. The maximum Gasteiger partial charge on any atom is 0.418 e. The Hall–Kier alpha value is -4.29. The Morgan fingerprint density at radius 2 is 1.94 bits per heavy atom. The van der Waals surface area contributed by atoms with Crippen molar-refractivity contribution in [3.63, 3.8) is 0 Å². The zero-order chi connectivity index (χ0) is 23.8. The lowest BCUT2D eigenvalue weighted by molar-refractivity contribution is -0.137. The molecule has 0 spiro atoms. The Balaban J connectivity index is 1.52. The first-order chi connectivity index (χ1) is 15.6. The summed E-state index contributed by atoms with van der Waals surface area (Å²) in [5.41, 5.74) is 2.73. The Kier molecular flexibility index (Phi) is 5.54. The van der Waals surface area contributed by atoms with Crippen molar-refractivity contribution in [1.29, 1.82) is 0 Å². The van der Waals surface area contributed by atoms with Crippen LogP contribution in [0.15, 0.2) is 43.0 Å². The number of anilines is 1. The number of pyridine rings is 2. The van der Waals surface area contributed by atoms with Crippen molar-refractivity contribution in [3.05, 3.63) is 59.9 Å². The van der Waals surface area contributed by atoms with E-state index in [-0.39, 0.29) is 5.69 Å². The first kappa shape index (κ1) is 21.9. The quantitative estimate of drug-likeness (QED) is 0.496. The topological polar surface area (TPSA) is 113 Å². The second-order valence-corrected chi connectivity index (χ2v) is 7.04. The van der Waals surface area contributed by atoms with Crippen LogP contribution in [0.5, 0.6) is 5.88 Å². The fraction of sp³-hybridized carbons (Fsp3) is 0.200. The van der Waals surface area contributed by atoms with Crippen LogP contribution in [0.1, 0.15) is 17.0 Å². The van der Waals surface area contributed by atoms with Crippen LogP contribution in [0.25, 0.3) is 16.9 Å². The van der Waals surface area contributed by atoms with Gasteiger partial charge in [0.2, 0.25) is 5.88 Å². The number of ether oxygens (including phenoxy) is 1. The molecule has 0 aliphatic rings. The van der Waals surface area contributed by atoms with Gasteiger partial charge in [-0.3, -0.25) is 15.0 Å². The van der Waals surface area contributed by atoms with Gasteiger partial charge in [0.1, 0.15) is 5.69 Å². The summed E-state index contributed by atoms with van der Waals surface area (Å²) in [7, 11) is 1.82. The molecular formula is C20H17F3N8O2. The molecule has 4 rings (SSSR count). The van der Waals surface area contributed by atoms with Crippen molar-refractivity contribution < 1.29 is 22.7 Å². The average Bonchev–Trinajstić information content (AvgIpc) is 3.36. The molecule has 170 valence electrons. The molecule has 4 aromatic rings. The SMILES string of the molecule is Cc1ncc(NC(=O)Oc2cc(C(F)(F)F)ccn2)cc1-n1cc(-c2cnn(C)c2C)nn1. The van der Waals surface area contributed by atoms with Gasteiger partial charge in [0, 0.05) is 30.6 Å². The summed E-state index contributed by atoms with van der Waals surface area (Å²) in [5.74, 6) is -0.490. The van der Waals surface area contributed by atoms with Crippen LogP contribution >= 0.6 is 0 Å². The van der Waals surface area contributed by atoms with Gasteiger partial charge in [-0.25, -0.2) is 14.5 Å². The number of carbonyl (C=O) groups is 1. The van der Waals surface area contributed by atoms with Crippen molar-refractivity contribution in [2.24, 2.45) is 7.05 Å². The number of amides is 1. The van der Waals surface area contributed by atoms with E-state index in [1.165, 1.54) is 10.9 Å². The minimum Gasteiger partial charge on any atom is -0.391 e. The molecule has 1 N–H and O–H groups in total. The maximum absolute atomic E-state index is 12.8. The van der Waals surface area contributed by atoms with Gasteiger partial charge in [-0.05, 0) is 26.0 Å². The predicted molar refractivity (Wildman–Crippen MR) is 110 cm³/mol. The number of halogens is 3. The normalized spacial score (nSPS) is 11.5. The van der Waals surface area contributed by atoms with E-state index in [4.69, 9.17) is 4.74 Å². The van der Waals surface area contributed by atoms with Crippen LogP contribution in [-0.2, 0) is 13.2 Å². The Labute approximate surface area is 185 Å². The maximum atomic E-state index is 12.8. The molecule has 0 unspecified atom stereocenters. The number of aryl methyl sites for hydroxylation is 2. The van der Waals surface area contributed by atoms with Crippen molar-refractivity contribution in [2.75, 3.05) is 5.32 Å². The minimum atomic E-state index is -4.59. The van der Waals surface area contributed by atoms with E-state index in [0.29, 0.717) is 23.1 Å². The molecule has 33 heavy (non-hydrogen) atoms. The fourth-order valence-electron chi connectivity index (χ4n) is 2.96. The first-order valence-electron chi connectivity index (χ1n) is 9.52. The van der Waals surface area contributed by atoms with Crippen molar-refractivity contribution in [1.82, 2.24) is 34.7 Å². The third-order valence-corrected chi connectivity index (χ3v) is 4.82. The Morgan fingerprint density at radius 3 is 2.64 bits per heavy atom. The number of carbonyl (C=O) groups excluding carboxylic acids is 1. The Bertz CT molecular complexity index is 1330. The highest BCUT2D eigenvalue weighted by atomic mass is 19.4. The van der Waals surface area contributed by atoms with Gasteiger partial charge >= 0.3 is 12.3 Å². The molecule has 0 fully saturated rings. The van der Waals surface area contributed by atoms with E-state index in [0.717, 1.165) is 23.5 Å². The molecule has 4 aromatic heterocycles. The molecule has 0 saturated heterocycles. The van der Waals surface area contributed by atoms with Gasteiger partial charge in [-0.15, -0.1) is 5.10 Å². The predicted octanol–water partition coefficient (Wildman–Crippen LogP) is 3.70. The van der Waals surface area contributed by atoms with Crippen LogP contribution in [0.3, 0.4) is 0 Å². The number of aromatic nitrogens is 7. The van der Waals surface area contributed by atoms with Gasteiger partial charge in [0.25, 0.3) is 0 Å². The van der Waals surface area contributed by atoms with Gasteiger partial charge < -0.3 is 4.74 Å². The van der Waals surface area contributed by atoms with E-state index in [2.05, 4.69) is 30.7 Å². The zero-order valence-electron chi connectivity index (χ0n) is 17.6. The monoisotopic (exact) mass is 458 g/mol. The van der Waals surface area contributed by atoms with Crippen LogP contribution in [0.4, 0.5) is 23.7 Å². The average molecular weight is 458 g/mol. The Morgan fingerprint density at radius 1 is 1.15 bits per heavy atom. The number of nitrogens with one attached hydrogen (secondary N) is 1. The number of hydrogen-bond donors (Lipinski definition) is 1. The second-order valence-electron chi connectivity index (χ2n) is 7.04. The van der Waals surface area contributed by atoms with Crippen molar-refractivity contribution in [3.8, 4) is 22.8 Å². The second kappa shape index (κ2) is 8.33. The van der Waals surface area contributed by atoms with Gasteiger partial charge in [-0.1, -0.05) is 5.21 Å². The molecule has 0 aliphatic carbocycles. The molecule has 0 atom stereocenters. The largest absolute Gasteiger partial charge is 0.418 e. The molecule has 4 heterocycles. The fourth-order valence-corrected chi connectivity index (χ4v) is 2.96. The van der Waals surface area contributed by atoms with E-state index in [1.54, 1.807) is 30.1 Å². The smallest absolute Gasteiger partial charge is 0.391 e. The van der Waals surface area contributed by atoms with E-state index in [1.807, 2.05) is 14.0 Å².